The molecule has 1 heterocycles. The van der Waals surface area contributed by atoms with Gasteiger partial charge < -0.3 is 5.32 Å². The zero-order chi connectivity index (χ0) is 18.0. The molecule has 1 aromatic rings. The molecular formula is C16H23NO5S2. The molecular weight excluding hydrogens is 350 g/mol. The predicted molar refractivity (Wildman–Crippen MR) is 92.5 cm³/mol. The van der Waals surface area contributed by atoms with Gasteiger partial charge in [0, 0.05) is 12.1 Å². The number of hydrogen-bond donors (Lipinski definition) is 1. The van der Waals surface area contributed by atoms with Crippen LogP contribution in [-0.4, -0.2) is 46.0 Å². The number of carbonyl (C=O) groups excluding carboxylic acids is 1. The molecule has 0 saturated carbocycles. The van der Waals surface area contributed by atoms with Crippen molar-refractivity contribution in [3.8, 4) is 0 Å². The second-order valence-corrected chi connectivity index (χ2v) is 11.0. The van der Waals surface area contributed by atoms with Crippen LogP contribution < -0.4 is 5.32 Å². The smallest absolute Gasteiger partial charge is 0.251 e. The molecule has 6 nitrogen and oxygen atoms in total. The molecule has 0 aliphatic carbocycles. The van der Waals surface area contributed by atoms with E-state index in [1.165, 1.54) is 18.2 Å². The van der Waals surface area contributed by atoms with Crippen LogP contribution in [0.4, 0.5) is 0 Å². The molecule has 1 N–H and O–H groups in total. The van der Waals surface area contributed by atoms with Crippen LogP contribution in [0.3, 0.4) is 0 Å². The molecule has 1 aliphatic rings. The van der Waals surface area contributed by atoms with Crippen LogP contribution >= 0.6 is 0 Å². The van der Waals surface area contributed by atoms with Gasteiger partial charge in [0.2, 0.25) is 0 Å². The Kier molecular flexibility index (Phi) is 5.70. The molecule has 2 rings (SSSR count). The van der Waals surface area contributed by atoms with Crippen molar-refractivity contribution in [2.75, 3.05) is 18.1 Å². The third kappa shape index (κ3) is 4.57. The molecule has 1 saturated heterocycles. The summed E-state index contributed by atoms with van der Waals surface area (Å²) in [4.78, 5) is 12.1. The summed E-state index contributed by atoms with van der Waals surface area (Å²) in [5, 5.41) is 1.83. The topological polar surface area (TPSA) is 97.4 Å². The van der Waals surface area contributed by atoms with Crippen molar-refractivity contribution < 1.29 is 21.6 Å². The Labute approximate surface area is 143 Å². The number of amides is 1. The minimum Gasteiger partial charge on any atom is -0.352 e. The minimum absolute atomic E-state index is 0.00103. The molecule has 0 unspecified atom stereocenters. The first-order valence-corrected chi connectivity index (χ1v) is 11.3. The highest BCUT2D eigenvalue weighted by Gasteiger charge is 2.38. The average Bonchev–Trinajstić information content (AvgIpc) is 2.88. The highest BCUT2D eigenvalue weighted by Crippen LogP contribution is 2.25. The van der Waals surface area contributed by atoms with Crippen LogP contribution in [0.15, 0.2) is 29.2 Å². The summed E-state index contributed by atoms with van der Waals surface area (Å²) in [6, 6.07) is 5.79. The number of carbonyl (C=O) groups is 1. The third-order valence-electron chi connectivity index (χ3n) is 4.06. The molecule has 0 aromatic heterocycles. The van der Waals surface area contributed by atoms with Crippen molar-refractivity contribution in [2.24, 2.45) is 5.92 Å². The summed E-state index contributed by atoms with van der Waals surface area (Å²) in [7, 11) is -7.05. The molecule has 0 bridgehead atoms. The monoisotopic (exact) mass is 373 g/mol. The maximum Gasteiger partial charge on any atom is 0.251 e. The van der Waals surface area contributed by atoms with Crippen molar-refractivity contribution in [3.63, 3.8) is 0 Å². The molecule has 1 atom stereocenters. The first kappa shape index (κ1) is 18.9. The fraction of sp³-hybridized carbons (Fsp3) is 0.562. The van der Waals surface area contributed by atoms with Gasteiger partial charge in [0.05, 0.1) is 21.7 Å². The van der Waals surface area contributed by atoms with E-state index in [1.807, 2.05) is 0 Å². The van der Waals surface area contributed by atoms with Crippen molar-refractivity contribution >= 4 is 25.6 Å². The third-order valence-corrected chi connectivity index (χ3v) is 8.23. The van der Waals surface area contributed by atoms with E-state index in [-0.39, 0.29) is 34.3 Å². The van der Waals surface area contributed by atoms with Gasteiger partial charge in [-0.1, -0.05) is 19.9 Å². The zero-order valence-electron chi connectivity index (χ0n) is 13.9. The van der Waals surface area contributed by atoms with E-state index in [2.05, 4.69) is 19.2 Å². The van der Waals surface area contributed by atoms with Crippen LogP contribution in [0.25, 0.3) is 0 Å². The van der Waals surface area contributed by atoms with Gasteiger partial charge in [-0.25, -0.2) is 16.8 Å². The Hall–Kier alpha value is -1.41. The molecule has 1 aliphatic heterocycles. The summed E-state index contributed by atoms with van der Waals surface area (Å²) in [5.41, 5.74) is 0.265. The molecule has 1 amide bonds. The number of hydrogen-bond acceptors (Lipinski definition) is 5. The highest BCUT2D eigenvalue weighted by atomic mass is 32.2. The van der Waals surface area contributed by atoms with Crippen LogP contribution in [0, 0.1) is 5.92 Å². The lowest BCUT2D eigenvalue weighted by molar-refractivity contribution is 0.0952. The zero-order valence-corrected chi connectivity index (χ0v) is 15.5. The summed E-state index contributed by atoms with van der Waals surface area (Å²) in [5.74, 6) is -0.319. The fourth-order valence-corrected chi connectivity index (χ4v) is 6.99. The average molecular weight is 373 g/mol. The standard InChI is InChI=1S/C16H23NO5S2/c1-12(2)6-8-17-16(18)13-4-3-5-14(10-13)24(21,22)15-7-9-23(19,20)11-15/h3-5,10,12,15H,6-9,11H2,1-2H3,(H,17,18)/t15-/m0/s1. The Bertz CT molecular complexity index is 813. The number of nitrogens with one attached hydrogen (secondary N) is 1. The SMILES string of the molecule is CC(C)CCNC(=O)c1cccc(S(=O)(=O)[C@H]2CCS(=O)(=O)C2)c1. The predicted octanol–water partition coefficient (Wildman–Crippen LogP) is 1.42. The lowest BCUT2D eigenvalue weighted by Crippen LogP contribution is -2.26. The Morgan fingerprint density at radius 3 is 2.62 bits per heavy atom. The van der Waals surface area contributed by atoms with E-state index in [9.17, 15) is 21.6 Å². The van der Waals surface area contributed by atoms with Crippen molar-refractivity contribution in [1.29, 1.82) is 0 Å². The molecule has 0 spiro atoms. The summed E-state index contributed by atoms with van der Waals surface area (Å²) in [6.07, 6.45) is 0.944. The van der Waals surface area contributed by atoms with E-state index in [0.717, 1.165) is 6.42 Å². The normalized spacial score (nSPS) is 20.2. The van der Waals surface area contributed by atoms with E-state index in [4.69, 9.17) is 0 Å². The lowest BCUT2D eigenvalue weighted by atomic mass is 10.1. The van der Waals surface area contributed by atoms with E-state index >= 15 is 0 Å². The van der Waals surface area contributed by atoms with Crippen LogP contribution in [0.1, 0.15) is 37.0 Å². The summed E-state index contributed by atoms with van der Waals surface area (Å²) in [6.45, 7) is 4.62. The second kappa shape index (κ2) is 7.23. The number of benzene rings is 1. The van der Waals surface area contributed by atoms with Gasteiger partial charge in [-0.05, 0) is 37.0 Å². The lowest BCUT2D eigenvalue weighted by Gasteiger charge is -2.12. The maximum absolute atomic E-state index is 12.6. The molecule has 0 radical (unpaired) electrons. The Balaban J connectivity index is 2.16. The Morgan fingerprint density at radius 2 is 2.04 bits per heavy atom. The van der Waals surface area contributed by atoms with Gasteiger partial charge in [0.15, 0.2) is 19.7 Å². The molecule has 134 valence electrons. The van der Waals surface area contributed by atoms with Gasteiger partial charge in [0.1, 0.15) is 0 Å². The van der Waals surface area contributed by atoms with Gasteiger partial charge in [-0.15, -0.1) is 0 Å². The van der Waals surface area contributed by atoms with Gasteiger partial charge >= 0.3 is 0 Å². The Morgan fingerprint density at radius 1 is 1.33 bits per heavy atom. The van der Waals surface area contributed by atoms with Gasteiger partial charge in [0.25, 0.3) is 5.91 Å². The van der Waals surface area contributed by atoms with Crippen LogP contribution in [0.2, 0.25) is 0 Å². The first-order chi connectivity index (χ1) is 11.1. The van der Waals surface area contributed by atoms with Crippen molar-refractivity contribution in [1.82, 2.24) is 5.32 Å². The molecule has 1 fully saturated rings. The van der Waals surface area contributed by atoms with Gasteiger partial charge in [-0.3, -0.25) is 4.79 Å². The second-order valence-electron chi connectivity index (χ2n) is 6.54. The van der Waals surface area contributed by atoms with E-state index in [0.29, 0.717) is 12.5 Å². The van der Waals surface area contributed by atoms with Crippen molar-refractivity contribution in [3.05, 3.63) is 29.8 Å². The molecule has 1 aromatic carbocycles. The van der Waals surface area contributed by atoms with Gasteiger partial charge in [-0.2, -0.15) is 0 Å². The first-order valence-electron chi connectivity index (χ1n) is 7.94. The van der Waals surface area contributed by atoms with E-state index in [1.54, 1.807) is 6.07 Å². The molecule has 8 heteroatoms. The largest absolute Gasteiger partial charge is 0.352 e. The fourth-order valence-electron chi connectivity index (χ4n) is 2.59. The summed E-state index contributed by atoms with van der Waals surface area (Å²) >= 11 is 0. The van der Waals surface area contributed by atoms with Crippen LogP contribution in [-0.2, 0) is 19.7 Å². The summed E-state index contributed by atoms with van der Waals surface area (Å²) < 4.78 is 48.3. The molecule has 24 heavy (non-hydrogen) atoms. The maximum atomic E-state index is 12.6. The minimum atomic E-state index is -3.76. The number of sulfone groups is 2. The highest BCUT2D eigenvalue weighted by molar-refractivity contribution is 7.96. The quantitative estimate of drug-likeness (QED) is 0.813. The van der Waals surface area contributed by atoms with Crippen LogP contribution in [0.5, 0.6) is 0 Å². The van der Waals surface area contributed by atoms with Crippen molar-refractivity contribution in [2.45, 2.75) is 36.8 Å². The number of rotatable bonds is 6. The van der Waals surface area contributed by atoms with E-state index < -0.39 is 24.9 Å².